The van der Waals surface area contributed by atoms with E-state index in [1.54, 1.807) is 12.3 Å². The summed E-state index contributed by atoms with van der Waals surface area (Å²) in [6.45, 7) is 2.89. The van der Waals surface area contributed by atoms with Crippen LogP contribution in [0, 0.1) is 5.92 Å². The van der Waals surface area contributed by atoms with Crippen molar-refractivity contribution in [2.75, 3.05) is 6.54 Å². The van der Waals surface area contributed by atoms with Crippen molar-refractivity contribution in [1.82, 2.24) is 15.5 Å². The summed E-state index contributed by atoms with van der Waals surface area (Å²) in [5, 5.41) is 10.3. The first-order valence-corrected chi connectivity index (χ1v) is 4.95. The fourth-order valence-corrected chi connectivity index (χ4v) is 1.09. The predicted molar refractivity (Wildman–Crippen MR) is 56.7 cm³/mol. The lowest BCUT2D eigenvalue weighted by atomic mass is 10.1. The molecule has 0 bridgehead atoms. The fraction of sp³-hybridized carbons (Fsp3) is 0.500. The Morgan fingerprint density at radius 2 is 2.47 bits per heavy atom. The Bertz CT molecular complexity index is 302. The molecule has 3 N–H and O–H groups in total. The first-order chi connectivity index (χ1) is 7.22. The number of rotatable bonds is 5. The Labute approximate surface area is 89.1 Å². The van der Waals surface area contributed by atoms with Crippen LogP contribution in [0.1, 0.15) is 19.0 Å². The predicted octanol–water partition coefficient (Wildman–Crippen LogP) is 0.0777. The van der Waals surface area contributed by atoms with Crippen molar-refractivity contribution in [2.45, 2.75) is 19.9 Å². The zero-order chi connectivity index (χ0) is 11.1. The molecule has 1 rings (SSSR count). The van der Waals surface area contributed by atoms with Crippen LogP contribution in [-0.2, 0) is 11.3 Å². The molecular weight excluding hydrogens is 192 g/mol. The quantitative estimate of drug-likeness (QED) is 0.718. The number of nitrogens with two attached hydrogens (primary N) is 1. The summed E-state index contributed by atoms with van der Waals surface area (Å²) in [6, 6.07) is 3.61. The van der Waals surface area contributed by atoms with Gasteiger partial charge in [-0.25, -0.2) is 0 Å². The van der Waals surface area contributed by atoms with Crippen molar-refractivity contribution in [3.8, 4) is 0 Å². The van der Waals surface area contributed by atoms with Gasteiger partial charge in [-0.1, -0.05) is 6.92 Å². The van der Waals surface area contributed by atoms with Crippen LogP contribution in [-0.4, -0.2) is 22.6 Å². The van der Waals surface area contributed by atoms with Gasteiger partial charge in [0.15, 0.2) is 0 Å². The van der Waals surface area contributed by atoms with E-state index < -0.39 is 0 Å². The molecule has 1 unspecified atom stereocenters. The van der Waals surface area contributed by atoms with Crippen molar-refractivity contribution < 1.29 is 4.79 Å². The Kier molecular flexibility index (Phi) is 4.70. The molecule has 1 aromatic heterocycles. The van der Waals surface area contributed by atoms with Gasteiger partial charge in [0, 0.05) is 12.6 Å². The first-order valence-electron chi connectivity index (χ1n) is 4.95. The number of nitrogens with zero attached hydrogens (tertiary/aromatic N) is 2. The summed E-state index contributed by atoms with van der Waals surface area (Å²) in [5.41, 5.74) is 6.18. The highest BCUT2D eigenvalue weighted by molar-refractivity contribution is 5.76. The molecule has 5 nitrogen and oxygen atoms in total. The number of amides is 1. The third-order valence-corrected chi connectivity index (χ3v) is 2.03. The normalized spacial score (nSPS) is 12.1. The van der Waals surface area contributed by atoms with E-state index in [-0.39, 0.29) is 11.8 Å². The summed E-state index contributed by atoms with van der Waals surface area (Å²) < 4.78 is 0. The molecule has 5 heteroatoms. The van der Waals surface area contributed by atoms with Gasteiger partial charge < -0.3 is 11.1 Å². The Balaban J connectivity index is 2.29. The number of aromatic nitrogens is 2. The van der Waals surface area contributed by atoms with Gasteiger partial charge in [0.05, 0.1) is 12.2 Å². The molecule has 1 atom stereocenters. The first kappa shape index (κ1) is 11.6. The number of nitrogens with one attached hydrogen (secondary N) is 1. The molecule has 1 amide bonds. The number of carbonyl (C=O) groups is 1. The van der Waals surface area contributed by atoms with E-state index in [2.05, 4.69) is 15.5 Å². The van der Waals surface area contributed by atoms with E-state index in [4.69, 9.17) is 5.73 Å². The zero-order valence-corrected chi connectivity index (χ0v) is 8.81. The van der Waals surface area contributed by atoms with Gasteiger partial charge in [0.2, 0.25) is 5.91 Å². The highest BCUT2D eigenvalue weighted by Crippen LogP contribution is 1.98. The third-order valence-electron chi connectivity index (χ3n) is 2.03. The van der Waals surface area contributed by atoms with E-state index in [9.17, 15) is 4.79 Å². The molecule has 0 saturated carbocycles. The lowest BCUT2D eigenvalue weighted by Gasteiger charge is -2.08. The zero-order valence-electron chi connectivity index (χ0n) is 8.81. The van der Waals surface area contributed by atoms with Crippen LogP contribution >= 0.6 is 0 Å². The van der Waals surface area contributed by atoms with Crippen molar-refractivity contribution >= 4 is 5.91 Å². The average molecular weight is 208 g/mol. The standard InChI is InChI=1S/C10H16N4O/c1-8(6-11)5-10(15)12-7-9-3-2-4-13-14-9/h2-4,8H,5-7,11H2,1H3,(H,12,15). The Hall–Kier alpha value is -1.49. The van der Waals surface area contributed by atoms with Crippen molar-refractivity contribution in [1.29, 1.82) is 0 Å². The van der Waals surface area contributed by atoms with Crippen molar-refractivity contribution in [3.05, 3.63) is 24.0 Å². The molecule has 0 spiro atoms. The molecule has 1 aromatic rings. The third kappa shape index (κ3) is 4.51. The lowest BCUT2D eigenvalue weighted by molar-refractivity contribution is -0.122. The monoisotopic (exact) mass is 208 g/mol. The minimum absolute atomic E-state index is 0.00129. The molecule has 0 aliphatic carbocycles. The van der Waals surface area contributed by atoms with Gasteiger partial charge in [0.1, 0.15) is 0 Å². The molecule has 0 aliphatic heterocycles. The van der Waals surface area contributed by atoms with Crippen LogP contribution in [0.15, 0.2) is 18.3 Å². The molecule has 0 saturated heterocycles. The average Bonchev–Trinajstić information content (AvgIpc) is 2.27. The maximum absolute atomic E-state index is 11.4. The van der Waals surface area contributed by atoms with E-state index in [0.717, 1.165) is 5.69 Å². The molecule has 0 fully saturated rings. The van der Waals surface area contributed by atoms with E-state index >= 15 is 0 Å². The molecule has 0 radical (unpaired) electrons. The van der Waals surface area contributed by atoms with E-state index in [0.29, 0.717) is 19.5 Å². The van der Waals surface area contributed by atoms with Gasteiger partial charge in [-0.2, -0.15) is 10.2 Å². The van der Waals surface area contributed by atoms with Crippen LogP contribution in [0.4, 0.5) is 0 Å². The largest absolute Gasteiger partial charge is 0.350 e. The topological polar surface area (TPSA) is 80.9 Å². The number of hydrogen-bond acceptors (Lipinski definition) is 4. The van der Waals surface area contributed by atoms with Crippen LogP contribution in [0.3, 0.4) is 0 Å². The van der Waals surface area contributed by atoms with Gasteiger partial charge >= 0.3 is 0 Å². The van der Waals surface area contributed by atoms with Crippen molar-refractivity contribution in [3.63, 3.8) is 0 Å². The summed E-state index contributed by atoms with van der Waals surface area (Å²) >= 11 is 0. The minimum atomic E-state index is -0.00129. The number of carbonyl (C=O) groups excluding carboxylic acids is 1. The Morgan fingerprint density at radius 1 is 1.67 bits per heavy atom. The highest BCUT2D eigenvalue weighted by atomic mass is 16.1. The maximum Gasteiger partial charge on any atom is 0.220 e. The lowest BCUT2D eigenvalue weighted by Crippen LogP contribution is -2.27. The van der Waals surface area contributed by atoms with Crippen molar-refractivity contribution in [2.24, 2.45) is 11.7 Å². The van der Waals surface area contributed by atoms with E-state index in [1.807, 2.05) is 13.0 Å². The molecule has 0 aromatic carbocycles. The second-order valence-electron chi connectivity index (χ2n) is 3.54. The Morgan fingerprint density at radius 3 is 3.07 bits per heavy atom. The molecular formula is C10H16N4O. The SMILES string of the molecule is CC(CN)CC(=O)NCc1cccnn1. The van der Waals surface area contributed by atoms with Crippen LogP contribution < -0.4 is 11.1 Å². The van der Waals surface area contributed by atoms with Crippen LogP contribution in [0.5, 0.6) is 0 Å². The second kappa shape index (κ2) is 6.08. The molecule has 82 valence electrons. The molecule has 1 heterocycles. The minimum Gasteiger partial charge on any atom is -0.350 e. The highest BCUT2D eigenvalue weighted by Gasteiger charge is 2.06. The smallest absolute Gasteiger partial charge is 0.220 e. The summed E-state index contributed by atoms with van der Waals surface area (Å²) in [6.07, 6.45) is 2.05. The second-order valence-corrected chi connectivity index (χ2v) is 3.54. The van der Waals surface area contributed by atoms with Gasteiger partial charge in [-0.05, 0) is 24.6 Å². The molecule has 15 heavy (non-hydrogen) atoms. The summed E-state index contributed by atoms with van der Waals surface area (Å²) in [4.78, 5) is 11.4. The summed E-state index contributed by atoms with van der Waals surface area (Å²) in [7, 11) is 0. The van der Waals surface area contributed by atoms with Crippen LogP contribution in [0.2, 0.25) is 0 Å². The maximum atomic E-state index is 11.4. The van der Waals surface area contributed by atoms with Crippen LogP contribution in [0.25, 0.3) is 0 Å². The van der Waals surface area contributed by atoms with E-state index in [1.165, 1.54) is 0 Å². The van der Waals surface area contributed by atoms with Gasteiger partial charge in [-0.3, -0.25) is 4.79 Å². The summed E-state index contributed by atoms with van der Waals surface area (Å²) in [5.74, 6) is 0.213. The van der Waals surface area contributed by atoms with Gasteiger partial charge in [-0.15, -0.1) is 0 Å². The molecule has 0 aliphatic rings. The fourth-order valence-electron chi connectivity index (χ4n) is 1.09. The van der Waals surface area contributed by atoms with Gasteiger partial charge in [0.25, 0.3) is 0 Å². The number of hydrogen-bond donors (Lipinski definition) is 2.